The van der Waals surface area contributed by atoms with Gasteiger partial charge in [0.25, 0.3) is 0 Å². The van der Waals surface area contributed by atoms with Crippen molar-refractivity contribution in [1.82, 2.24) is 9.80 Å². The molecule has 1 spiro atoms. The van der Waals surface area contributed by atoms with Crippen LogP contribution in [0.25, 0.3) is 0 Å². The topological polar surface area (TPSA) is 112 Å². The van der Waals surface area contributed by atoms with E-state index in [-0.39, 0.29) is 112 Å². The van der Waals surface area contributed by atoms with Crippen molar-refractivity contribution in [2.75, 3.05) is 14.1 Å². The lowest BCUT2D eigenvalue weighted by molar-refractivity contribution is -0.266. The molecule has 10 nitrogen and oxygen atoms in total. The van der Waals surface area contributed by atoms with E-state index in [2.05, 4.69) is 27.7 Å². The minimum atomic E-state index is -0.279. The lowest BCUT2D eigenvalue weighted by Gasteiger charge is -2.54. The highest BCUT2D eigenvalue weighted by atomic mass is 16.6. The largest absolute Gasteiger partial charge is 0.370 e. The van der Waals surface area contributed by atoms with Gasteiger partial charge in [0.2, 0.25) is 23.6 Å². The van der Waals surface area contributed by atoms with E-state index in [0.717, 1.165) is 25.7 Å². The second kappa shape index (κ2) is 10.2. The summed E-state index contributed by atoms with van der Waals surface area (Å²) in [5.74, 6) is 0.791. The van der Waals surface area contributed by atoms with Gasteiger partial charge in [-0.15, -0.1) is 0 Å². The monoisotopic (exact) mass is 678 g/mol. The molecule has 0 N–H and O–H groups in total. The molecule has 4 saturated heterocycles. The van der Waals surface area contributed by atoms with Crippen LogP contribution in [0.3, 0.4) is 0 Å². The molecule has 16 unspecified atom stereocenters. The minimum absolute atomic E-state index is 0.0169. The first-order valence-corrected chi connectivity index (χ1v) is 19.4. The van der Waals surface area contributed by atoms with Crippen molar-refractivity contribution in [3.63, 3.8) is 0 Å². The average Bonchev–Trinajstić information content (AvgIpc) is 3.59. The zero-order chi connectivity index (χ0) is 34.1. The van der Waals surface area contributed by atoms with Crippen molar-refractivity contribution in [3.05, 3.63) is 0 Å². The average molecular weight is 679 g/mol. The molecule has 0 aromatic carbocycles. The normalized spacial score (nSPS) is 54.9. The Morgan fingerprint density at radius 3 is 0.959 bits per heavy atom. The molecular formula is C39H54N2O8. The maximum absolute atomic E-state index is 12.9. The molecule has 10 rings (SSSR count). The van der Waals surface area contributed by atoms with E-state index in [1.54, 1.807) is 14.1 Å². The van der Waals surface area contributed by atoms with E-state index in [0.29, 0.717) is 49.4 Å². The Hall–Kier alpha value is -1.88. The summed E-state index contributed by atoms with van der Waals surface area (Å²) in [5, 5.41) is 0. The molecule has 4 amide bonds. The van der Waals surface area contributed by atoms with Gasteiger partial charge in [-0.05, 0) is 104 Å². The first-order chi connectivity index (χ1) is 23.2. The Balaban J connectivity index is 0.907. The number of carbonyl (C=O) groups is 4. The zero-order valence-electron chi connectivity index (χ0n) is 30.0. The van der Waals surface area contributed by atoms with E-state index in [1.807, 2.05) is 0 Å². The first kappa shape index (κ1) is 31.8. The number of likely N-dealkylation sites (tertiary alicyclic amines) is 2. The Kier molecular flexibility index (Phi) is 6.60. The highest BCUT2D eigenvalue weighted by molar-refractivity contribution is 6.05. The standard InChI is InChI=1S/C39H54N2O8/c1-37(2)15-39(23-13-31-29(11-21(23)37)46-25-7-17-19(9-27(25)48-31)35(44)40(5)33(17)42)16-38(3,4)22-12-30-32(14-24(22)39)49-28-10-20-18(8-26(28)47-30)34(43)41(6)36(20)45/h17-32H,7-16H2,1-6H3. The molecule has 10 aliphatic rings. The van der Waals surface area contributed by atoms with Gasteiger partial charge < -0.3 is 18.9 Å². The second-order valence-electron chi connectivity index (χ2n) is 19.6. The third-order valence-corrected chi connectivity index (χ3v) is 16.5. The van der Waals surface area contributed by atoms with Crippen molar-refractivity contribution in [2.24, 2.45) is 63.6 Å². The Bertz CT molecular complexity index is 1400. The SMILES string of the molecule is CN1C(=O)C2CC3OC4CC5C(CC4OC3CC2C1=O)C1(CC5(C)C)CC(C)(C)C2CC3OC4CC5C(=O)N(C)C(=O)C5CC4OC3CC21. The molecule has 16 atom stereocenters. The van der Waals surface area contributed by atoms with Crippen LogP contribution in [0, 0.1) is 63.6 Å². The molecule has 0 radical (unpaired) electrons. The van der Waals surface area contributed by atoms with E-state index < -0.39 is 0 Å². The Labute approximate surface area is 289 Å². The predicted molar refractivity (Wildman–Crippen MR) is 174 cm³/mol. The lowest BCUT2D eigenvalue weighted by atomic mass is 9.59. The molecule has 4 heterocycles. The van der Waals surface area contributed by atoms with Crippen LogP contribution >= 0.6 is 0 Å². The summed E-state index contributed by atoms with van der Waals surface area (Å²) in [5.41, 5.74) is 0.516. The summed E-state index contributed by atoms with van der Waals surface area (Å²) in [6.45, 7) is 9.95. The number of nitrogens with zero attached hydrogens (tertiary/aromatic N) is 2. The summed E-state index contributed by atoms with van der Waals surface area (Å²) in [6, 6.07) is 0. The number of carbonyl (C=O) groups excluding carboxylic acids is 4. The smallest absolute Gasteiger partial charge is 0.232 e. The first-order valence-electron chi connectivity index (χ1n) is 19.4. The van der Waals surface area contributed by atoms with E-state index >= 15 is 0 Å². The van der Waals surface area contributed by atoms with Gasteiger partial charge in [0, 0.05) is 14.1 Å². The molecular weight excluding hydrogens is 624 g/mol. The van der Waals surface area contributed by atoms with Crippen molar-refractivity contribution in [1.29, 1.82) is 0 Å². The van der Waals surface area contributed by atoms with Crippen molar-refractivity contribution in [3.8, 4) is 0 Å². The van der Waals surface area contributed by atoms with Gasteiger partial charge in [-0.2, -0.15) is 0 Å². The Morgan fingerprint density at radius 1 is 0.429 bits per heavy atom. The number of rotatable bonds is 0. The molecule has 0 aromatic heterocycles. The quantitative estimate of drug-likeness (QED) is 0.354. The minimum Gasteiger partial charge on any atom is -0.370 e. The maximum atomic E-state index is 12.9. The molecule has 6 saturated carbocycles. The summed E-state index contributed by atoms with van der Waals surface area (Å²) in [7, 11) is 3.23. The maximum Gasteiger partial charge on any atom is 0.232 e. The van der Waals surface area contributed by atoms with Crippen LogP contribution in [0.1, 0.15) is 91.9 Å². The van der Waals surface area contributed by atoms with Gasteiger partial charge in [-0.3, -0.25) is 29.0 Å². The van der Waals surface area contributed by atoms with Crippen molar-refractivity contribution >= 4 is 23.6 Å². The highest BCUT2D eigenvalue weighted by Crippen LogP contribution is 2.75. The molecule has 268 valence electrons. The van der Waals surface area contributed by atoms with E-state index in [4.69, 9.17) is 18.9 Å². The van der Waals surface area contributed by atoms with Crippen LogP contribution in [0.5, 0.6) is 0 Å². The van der Waals surface area contributed by atoms with Crippen LogP contribution in [0.4, 0.5) is 0 Å². The van der Waals surface area contributed by atoms with Gasteiger partial charge >= 0.3 is 0 Å². The molecule has 0 aromatic rings. The molecule has 0 bridgehead atoms. The van der Waals surface area contributed by atoms with E-state index in [1.165, 1.54) is 22.6 Å². The van der Waals surface area contributed by atoms with Gasteiger partial charge in [0.15, 0.2) is 0 Å². The molecule has 49 heavy (non-hydrogen) atoms. The van der Waals surface area contributed by atoms with Crippen molar-refractivity contribution < 1.29 is 38.1 Å². The van der Waals surface area contributed by atoms with Crippen LogP contribution in [-0.2, 0) is 38.1 Å². The molecule has 10 fully saturated rings. The van der Waals surface area contributed by atoms with Gasteiger partial charge in [-0.1, -0.05) is 27.7 Å². The second-order valence-corrected chi connectivity index (χ2v) is 19.6. The number of fused-ring (bicyclic) bond motifs is 10. The van der Waals surface area contributed by atoms with Crippen LogP contribution < -0.4 is 0 Å². The third kappa shape index (κ3) is 4.20. The summed E-state index contributed by atoms with van der Waals surface area (Å²) in [4.78, 5) is 54.2. The summed E-state index contributed by atoms with van der Waals surface area (Å²) >= 11 is 0. The molecule has 4 aliphatic heterocycles. The summed E-state index contributed by atoms with van der Waals surface area (Å²) < 4.78 is 27.8. The number of amides is 4. The number of hydrogen-bond donors (Lipinski definition) is 0. The zero-order valence-corrected chi connectivity index (χ0v) is 30.0. The number of ether oxygens (including phenoxy) is 4. The van der Waals surface area contributed by atoms with Gasteiger partial charge in [-0.25, -0.2) is 0 Å². The molecule has 6 aliphatic carbocycles. The summed E-state index contributed by atoms with van der Waals surface area (Å²) in [6.07, 6.45) is 8.29. The fourth-order valence-corrected chi connectivity index (χ4v) is 14.7. The number of imide groups is 2. The molecule has 10 heteroatoms. The van der Waals surface area contributed by atoms with Crippen LogP contribution in [0.15, 0.2) is 0 Å². The van der Waals surface area contributed by atoms with Crippen molar-refractivity contribution in [2.45, 2.75) is 141 Å². The number of hydrogen-bond acceptors (Lipinski definition) is 8. The van der Waals surface area contributed by atoms with Gasteiger partial charge in [0.05, 0.1) is 72.5 Å². The third-order valence-electron chi connectivity index (χ3n) is 16.5. The fraction of sp³-hybridized carbons (Fsp3) is 0.897. The lowest BCUT2D eigenvalue weighted by Crippen LogP contribution is -2.59. The Morgan fingerprint density at radius 2 is 0.673 bits per heavy atom. The van der Waals surface area contributed by atoms with Crippen LogP contribution in [0.2, 0.25) is 0 Å². The van der Waals surface area contributed by atoms with Gasteiger partial charge in [0.1, 0.15) is 0 Å². The predicted octanol–water partition coefficient (Wildman–Crippen LogP) is 3.98. The van der Waals surface area contributed by atoms with E-state index in [9.17, 15) is 19.2 Å². The fourth-order valence-electron chi connectivity index (χ4n) is 14.7. The highest BCUT2D eigenvalue weighted by Gasteiger charge is 2.71. The van der Waals surface area contributed by atoms with Crippen LogP contribution in [-0.4, -0.2) is 96.4 Å².